The number of thiophene rings is 2. The number of benzene rings is 9. The van der Waals surface area contributed by atoms with Gasteiger partial charge in [-0.05, 0) is 74.1 Å². The maximum absolute atomic E-state index is 5.61. The summed E-state index contributed by atoms with van der Waals surface area (Å²) in [4.78, 5) is 11.1. The van der Waals surface area contributed by atoms with Gasteiger partial charge >= 0.3 is 0 Å². The first-order valence-corrected chi connectivity index (χ1v) is 20.2. The molecule has 5 heteroatoms. The largest absolute Gasteiger partial charge is 0.278 e. The van der Waals surface area contributed by atoms with Crippen LogP contribution in [0.25, 0.3) is 123 Å². The Labute approximate surface area is 322 Å². The van der Waals surface area contributed by atoms with Gasteiger partial charge in [-0.25, -0.2) is 9.97 Å². The van der Waals surface area contributed by atoms with Crippen molar-refractivity contribution in [1.82, 2.24) is 14.5 Å². The summed E-state index contributed by atoms with van der Waals surface area (Å²) in [5.41, 5.74) is 5.26. The molecular formula is C50H27N3S2. The Morgan fingerprint density at radius 1 is 0.382 bits per heavy atom. The van der Waals surface area contributed by atoms with Crippen molar-refractivity contribution < 1.29 is 0 Å². The minimum absolute atomic E-state index is 0.683. The van der Waals surface area contributed by atoms with Gasteiger partial charge in [0.25, 0.3) is 0 Å². The van der Waals surface area contributed by atoms with E-state index in [0.717, 1.165) is 37.9 Å². The van der Waals surface area contributed by atoms with Crippen LogP contribution in [0.4, 0.5) is 0 Å². The molecule has 9 aromatic carbocycles. The number of nitrogens with zero attached hydrogens (tertiary/aromatic N) is 3. The van der Waals surface area contributed by atoms with E-state index in [9.17, 15) is 0 Å². The molecule has 0 N–H and O–H groups in total. The van der Waals surface area contributed by atoms with Gasteiger partial charge in [0.1, 0.15) is 0 Å². The first kappa shape index (κ1) is 29.8. The molecule has 0 aliphatic carbocycles. The van der Waals surface area contributed by atoms with Gasteiger partial charge in [0, 0.05) is 52.0 Å². The highest BCUT2D eigenvalue weighted by molar-refractivity contribution is 7.26. The van der Waals surface area contributed by atoms with E-state index in [0.29, 0.717) is 5.95 Å². The van der Waals surface area contributed by atoms with Gasteiger partial charge < -0.3 is 0 Å². The van der Waals surface area contributed by atoms with Crippen LogP contribution in [0.1, 0.15) is 0 Å². The van der Waals surface area contributed by atoms with Gasteiger partial charge in [0.15, 0.2) is 0 Å². The zero-order chi connectivity index (χ0) is 35.8. The van der Waals surface area contributed by atoms with E-state index >= 15 is 0 Å². The predicted molar refractivity (Wildman–Crippen MR) is 238 cm³/mol. The number of rotatable bonds is 2. The van der Waals surface area contributed by atoms with Crippen LogP contribution >= 0.6 is 22.7 Å². The SMILES string of the molecule is c1ccc2cc3c(cc2c1)c1c2c4ccccc4c4ccccc4c2ccc1n3-c1nc(-c2ccc3c(c2)sc2ccccc23)c2sc3ccccc3c2n1. The molecular weight excluding hydrogens is 707 g/mol. The van der Waals surface area contributed by atoms with Gasteiger partial charge in [-0.1, -0.05) is 127 Å². The average Bonchev–Trinajstić information content (AvgIpc) is 3.91. The molecule has 13 rings (SSSR count). The van der Waals surface area contributed by atoms with Crippen LogP contribution in [0, 0.1) is 0 Å². The maximum atomic E-state index is 5.61. The van der Waals surface area contributed by atoms with E-state index < -0.39 is 0 Å². The van der Waals surface area contributed by atoms with E-state index in [1.807, 2.05) is 11.3 Å². The monoisotopic (exact) mass is 733 g/mol. The van der Waals surface area contributed by atoms with Gasteiger partial charge in [-0.15, -0.1) is 22.7 Å². The van der Waals surface area contributed by atoms with Crippen LogP contribution in [0.2, 0.25) is 0 Å². The Kier molecular flexibility index (Phi) is 5.93. The molecule has 0 bridgehead atoms. The Morgan fingerprint density at radius 2 is 0.964 bits per heavy atom. The summed E-state index contributed by atoms with van der Waals surface area (Å²) in [5, 5.41) is 16.2. The molecule has 0 radical (unpaired) electrons. The second-order valence-electron chi connectivity index (χ2n) is 14.5. The smallest absolute Gasteiger partial charge is 0.235 e. The van der Waals surface area contributed by atoms with Gasteiger partial charge in [0.2, 0.25) is 5.95 Å². The van der Waals surface area contributed by atoms with Gasteiger partial charge in [-0.3, -0.25) is 4.57 Å². The number of aromatic nitrogens is 3. The zero-order valence-corrected chi connectivity index (χ0v) is 30.9. The highest BCUT2D eigenvalue weighted by Crippen LogP contribution is 2.46. The topological polar surface area (TPSA) is 30.7 Å². The Bertz CT molecular complexity index is 3760. The Hall–Kier alpha value is -6.66. The van der Waals surface area contributed by atoms with E-state index in [2.05, 4.69) is 168 Å². The summed E-state index contributed by atoms with van der Waals surface area (Å²) < 4.78 is 7.22. The molecule has 0 aliphatic heterocycles. The van der Waals surface area contributed by atoms with Crippen molar-refractivity contribution in [2.45, 2.75) is 0 Å². The van der Waals surface area contributed by atoms with Crippen molar-refractivity contribution in [3.05, 3.63) is 164 Å². The molecule has 0 aliphatic rings. The third-order valence-electron chi connectivity index (χ3n) is 11.6. The third-order valence-corrected chi connectivity index (χ3v) is 13.9. The van der Waals surface area contributed by atoms with E-state index in [4.69, 9.17) is 9.97 Å². The lowest BCUT2D eigenvalue weighted by atomic mass is 9.91. The van der Waals surface area contributed by atoms with Crippen LogP contribution in [-0.2, 0) is 0 Å². The van der Waals surface area contributed by atoms with E-state index in [1.54, 1.807) is 11.3 Å². The number of hydrogen-bond donors (Lipinski definition) is 0. The Balaban J connectivity index is 1.20. The van der Waals surface area contributed by atoms with Crippen LogP contribution < -0.4 is 0 Å². The maximum Gasteiger partial charge on any atom is 0.235 e. The lowest BCUT2D eigenvalue weighted by molar-refractivity contribution is 1.02. The number of fused-ring (bicyclic) bond motifs is 17. The second kappa shape index (κ2) is 11.0. The standard InChI is InChI=1S/C50H27N3S2/c1-2-12-29-26-41-39(25-28(29)11-1)46-40(24-23-37-33-15-4-3-13-31(33)32-14-5-6-17-36(32)45(37)46)53(41)50-51-47(49-48(52-50)38-18-8-10-20-43(38)55-49)30-21-22-35-34-16-7-9-19-42(34)54-44(35)27-30/h1-27H. The summed E-state index contributed by atoms with van der Waals surface area (Å²) in [6, 6.07) is 59.9. The molecule has 3 nitrogen and oxygen atoms in total. The van der Waals surface area contributed by atoms with Crippen molar-refractivity contribution in [2.24, 2.45) is 0 Å². The predicted octanol–water partition coefficient (Wildman–Crippen LogP) is 14.6. The molecule has 254 valence electrons. The molecule has 4 aromatic heterocycles. The molecule has 0 saturated heterocycles. The fraction of sp³-hybridized carbons (Fsp3) is 0. The summed E-state index contributed by atoms with van der Waals surface area (Å²) in [6.45, 7) is 0. The van der Waals surface area contributed by atoms with Gasteiger partial charge in [-0.2, -0.15) is 0 Å². The lowest BCUT2D eigenvalue weighted by Gasteiger charge is -2.13. The van der Waals surface area contributed by atoms with E-state index in [1.165, 1.54) is 78.7 Å². The lowest BCUT2D eigenvalue weighted by Crippen LogP contribution is -2.02. The molecule has 0 unspecified atom stereocenters. The van der Waals surface area contributed by atoms with Gasteiger partial charge in [0.05, 0.1) is 26.9 Å². The van der Waals surface area contributed by atoms with Crippen LogP contribution in [0.5, 0.6) is 0 Å². The van der Waals surface area contributed by atoms with Crippen LogP contribution in [-0.4, -0.2) is 14.5 Å². The minimum atomic E-state index is 0.683. The summed E-state index contributed by atoms with van der Waals surface area (Å²) in [6.07, 6.45) is 0. The molecule has 0 spiro atoms. The molecule has 0 atom stereocenters. The van der Waals surface area contributed by atoms with Crippen molar-refractivity contribution in [2.75, 3.05) is 0 Å². The van der Waals surface area contributed by atoms with Crippen molar-refractivity contribution in [3.8, 4) is 17.2 Å². The molecule has 0 amide bonds. The summed E-state index contributed by atoms with van der Waals surface area (Å²) >= 11 is 3.63. The van der Waals surface area contributed by atoms with Crippen LogP contribution in [0.3, 0.4) is 0 Å². The van der Waals surface area contributed by atoms with Crippen LogP contribution in [0.15, 0.2) is 164 Å². The average molecular weight is 734 g/mol. The number of hydrogen-bond acceptors (Lipinski definition) is 4. The molecule has 0 fully saturated rings. The molecule has 13 aromatic rings. The highest BCUT2D eigenvalue weighted by atomic mass is 32.1. The fourth-order valence-electron chi connectivity index (χ4n) is 9.15. The summed E-state index contributed by atoms with van der Waals surface area (Å²) in [7, 11) is 0. The Morgan fingerprint density at radius 3 is 1.75 bits per heavy atom. The zero-order valence-electron chi connectivity index (χ0n) is 29.2. The second-order valence-corrected chi connectivity index (χ2v) is 16.6. The highest BCUT2D eigenvalue weighted by Gasteiger charge is 2.23. The van der Waals surface area contributed by atoms with Crippen molar-refractivity contribution >= 4 is 128 Å². The molecule has 4 heterocycles. The summed E-state index contributed by atoms with van der Waals surface area (Å²) in [5.74, 6) is 0.683. The fourth-order valence-corrected chi connectivity index (χ4v) is 11.4. The van der Waals surface area contributed by atoms with Crippen molar-refractivity contribution in [3.63, 3.8) is 0 Å². The molecule has 0 saturated carbocycles. The normalized spacial score (nSPS) is 12.4. The third kappa shape index (κ3) is 4.09. The van der Waals surface area contributed by atoms with Crippen molar-refractivity contribution in [1.29, 1.82) is 0 Å². The minimum Gasteiger partial charge on any atom is -0.278 e. The molecule has 55 heavy (non-hydrogen) atoms. The first-order valence-electron chi connectivity index (χ1n) is 18.6. The first-order chi connectivity index (χ1) is 27.3. The quantitative estimate of drug-likeness (QED) is 0.166. The van der Waals surface area contributed by atoms with E-state index in [-0.39, 0.29) is 0 Å².